The summed E-state index contributed by atoms with van der Waals surface area (Å²) in [6.45, 7) is 19.2. The zero-order valence-corrected chi connectivity index (χ0v) is 52.6. The molecule has 7 N–H and O–H groups in total. The minimum atomic E-state index is -5.08. The number of fused-ring (bicyclic) bond motifs is 6. The van der Waals surface area contributed by atoms with Gasteiger partial charge in [-0.05, 0) is 185 Å². The Morgan fingerprint density at radius 1 is 0.494 bits per heavy atom. The number of rotatable bonds is 31. The fourth-order valence-electron chi connectivity index (χ4n) is 14.0. The van der Waals surface area contributed by atoms with Gasteiger partial charge in [0.2, 0.25) is 11.8 Å². The van der Waals surface area contributed by atoms with Crippen LogP contribution in [-0.2, 0) is 47.6 Å². The second kappa shape index (κ2) is 35.7. The molecule has 0 unspecified atom stereocenters. The summed E-state index contributed by atoms with van der Waals surface area (Å²) in [7, 11) is 0. The van der Waals surface area contributed by atoms with E-state index in [1.807, 2.05) is 12.1 Å². The number of amides is 3. The number of carboxylic acids is 2. The average Bonchev–Trinajstić information content (AvgIpc) is 0.746. The highest BCUT2D eigenvalue weighted by Gasteiger charge is 2.56. The molecule has 15 nitrogen and oxygen atoms in total. The third-order valence-electron chi connectivity index (χ3n) is 18.7. The number of esters is 1. The molecule has 0 aliphatic heterocycles. The molecule has 6 rings (SSSR count). The SMILES string of the molecule is CCCCCNC(=O)[C@@]1(C)CCC[C@]2(C)c3cc(OC(=O)CCCNCCCCCCCCCCNCCCNC(=O)Oc4ccc5c(c4)[C@@]4(C)CCC[C@](C)(C(=O)NCCCCC)[C@@H]4CC5)ccc3CC[C@@H]12.O=C(O)C(F)(F)F.O=C(O)C(F)(F)F. The Morgan fingerprint density at radius 3 is 1.28 bits per heavy atom. The summed E-state index contributed by atoms with van der Waals surface area (Å²) in [5.74, 6) is -3.54. The summed E-state index contributed by atoms with van der Waals surface area (Å²) in [5, 5.41) is 30.8. The van der Waals surface area contributed by atoms with Crippen molar-refractivity contribution >= 4 is 35.8 Å². The van der Waals surface area contributed by atoms with Crippen LogP contribution in [0.3, 0.4) is 0 Å². The molecule has 21 heteroatoms. The van der Waals surface area contributed by atoms with Crippen molar-refractivity contribution in [3.63, 3.8) is 0 Å². The fourth-order valence-corrected chi connectivity index (χ4v) is 14.0. The molecular formula is C66H101F6N5O10. The molecule has 0 heterocycles. The molecule has 3 amide bonds. The molecule has 0 radical (unpaired) electrons. The van der Waals surface area contributed by atoms with Crippen LogP contribution in [0.15, 0.2) is 36.4 Å². The zero-order chi connectivity index (χ0) is 64.3. The Kier molecular flexibility index (Phi) is 30.4. The first-order chi connectivity index (χ1) is 41.2. The van der Waals surface area contributed by atoms with E-state index < -0.39 is 35.8 Å². The van der Waals surface area contributed by atoms with E-state index in [0.29, 0.717) is 24.5 Å². The maximum absolute atomic E-state index is 13.6. The number of nitrogens with one attached hydrogen (secondary N) is 5. The fraction of sp³-hybridized carbons (Fsp3) is 0.727. The first-order valence-electron chi connectivity index (χ1n) is 32.2. The standard InChI is InChI=1S/C62H99N5O6.2C2HF3O2/c1-7-9-17-42-65-56(69)61(5)36-22-34-59(3)51-45-49(30-26-47(51)28-32-53(59)61)72-55(68)25-21-40-63-38-19-15-13-11-12-14-16-20-39-64-41-24-44-67-58(71)73-50-31-27-48-29-33-54-60(4,52(48)46-50)35-23-37-62(54,6)57(70)66-43-18-10-8-2;2*3-2(4,5)1(6)7/h26-27,30-31,45-46,53-54,63-64H,7-25,28-29,32-44H2,1-6H3,(H,65,69)(H,66,70)(H,67,71);2*(H,6,7)/t53-,54-,59-,60-,61+,62+;;/m1../s1. The Morgan fingerprint density at radius 2 is 0.862 bits per heavy atom. The van der Waals surface area contributed by atoms with E-state index in [4.69, 9.17) is 29.3 Å². The normalized spacial score (nSPS) is 22.9. The molecule has 87 heavy (non-hydrogen) atoms. The molecule has 4 aliphatic carbocycles. The molecule has 2 saturated carbocycles. The van der Waals surface area contributed by atoms with Gasteiger partial charge < -0.3 is 46.3 Å². The van der Waals surface area contributed by atoms with Crippen molar-refractivity contribution in [2.45, 2.75) is 238 Å². The zero-order valence-electron chi connectivity index (χ0n) is 52.6. The van der Waals surface area contributed by atoms with Gasteiger partial charge in [-0.1, -0.05) is 131 Å². The maximum Gasteiger partial charge on any atom is 0.490 e. The molecule has 2 aromatic rings. The number of alkyl halides is 6. The number of aryl methyl sites for hydroxylation is 2. The predicted molar refractivity (Wildman–Crippen MR) is 324 cm³/mol. The van der Waals surface area contributed by atoms with E-state index in [2.05, 4.69) is 92.4 Å². The second-order valence-electron chi connectivity index (χ2n) is 25.3. The molecule has 492 valence electrons. The average molecular weight is 1240 g/mol. The lowest BCUT2D eigenvalue weighted by Gasteiger charge is -2.54. The number of hydrogen-bond donors (Lipinski definition) is 7. The Hall–Kier alpha value is -5.44. The molecule has 0 bridgehead atoms. The highest BCUT2D eigenvalue weighted by Crippen LogP contribution is 2.59. The number of halogens is 6. The lowest BCUT2D eigenvalue weighted by molar-refractivity contribution is -0.193. The number of unbranched alkanes of at least 4 members (excludes halogenated alkanes) is 11. The van der Waals surface area contributed by atoms with E-state index in [9.17, 15) is 45.5 Å². The van der Waals surface area contributed by atoms with Gasteiger partial charge in [-0.3, -0.25) is 14.4 Å². The number of aliphatic carboxylic acids is 2. The summed E-state index contributed by atoms with van der Waals surface area (Å²) in [6.07, 6.45) is 17.8. The molecule has 2 aromatic carbocycles. The van der Waals surface area contributed by atoms with Gasteiger partial charge in [0, 0.05) is 26.1 Å². The lowest BCUT2D eigenvalue weighted by atomic mass is 9.49. The van der Waals surface area contributed by atoms with Crippen molar-refractivity contribution in [1.29, 1.82) is 0 Å². The first kappa shape index (κ1) is 74.0. The van der Waals surface area contributed by atoms with Crippen LogP contribution in [0.1, 0.15) is 224 Å². The van der Waals surface area contributed by atoms with Gasteiger partial charge in [0.05, 0.1) is 10.8 Å². The summed E-state index contributed by atoms with van der Waals surface area (Å²) < 4.78 is 75.2. The van der Waals surface area contributed by atoms with Crippen LogP contribution >= 0.6 is 0 Å². The van der Waals surface area contributed by atoms with Crippen molar-refractivity contribution in [1.82, 2.24) is 26.6 Å². The van der Waals surface area contributed by atoms with E-state index in [1.54, 1.807) is 0 Å². The Balaban J connectivity index is 0.00000103. The Bertz CT molecular complexity index is 2350. The van der Waals surface area contributed by atoms with Gasteiger partial charge >= 0.3 is 36.4 Å². The number of benzene rings is 2. The highest BCUT2D eigenvalue weighted by atomic mass is 19.4. The van der Waals surface area contributed by atoms with E-state index in [-0.39, 0.29) is 45.9 Å². The molecule has 2 fully saturated rings. The van der Waals surface area contributed by atoms with Crippen LogP contribution in [0.2, 0.25) is 0 Å². The molecule has 4 aliphatic rings. The van der Waals surface area contributed by atoms with Gasteiger partial charge in [0.15, 0.2) is 0 Å². The van der Waals surface area contributed by atoms with Gasteiger partial charge in [-0.15, -0.1) is 0 Å². The van der Waals surface area contributed by atoms with E-state index in [1.165, 1.54) is 67.2 Å². The van der Waals surface area contributed by atoms with Gasteiger partial charge in [-0.25, -0.2) is 14.4 Å². The van der Waals surface area contributed by atoms with E-state index in [0.717, 1.165) is 161 Å². The summed E-state index contributed by atoms with van der Waals surface area (Å²) >= 11 is 0. The molecule has 0 spiro atoms. The monoisotopic (exact) mass is 1240 g/mol. The maximum atomic E-state index is 13.6. The lowest BCUT2D eigenvalue weighted by Crippen LogP contribution is -2.55. The van der Waals surface area contributed by atoms with Crippen molar-refractivity contribution < 1.29 is 74.8 Å². The van der Waals surface area contributed by atoms with Crippen LogP contribution in [0, 0.1) is 22.7 Å². The molecule has 6 atom stereocenters. The first-order valence-corrected chi connectivity index (χ1v) is 32.2. The van der Waals surface area contributed by atoms with Crippen molar-refractivity contribution in [3.8, 4) is 11.5 Å². The largest absolute Gasteiger partial charge is 0.490 e. The quantitative estimate of drug-likeness (QED) is 0.0162. The number of carbonyl (C=O) groups excluding carboxylic acids is 4. The second-order valence-corrected chi connectivity index (χ2v) is 25.3. The predicted octanol–water partition coefficient (Wildman–Crippen LogP) is 13.8. The molecule has 0 aromatic heterocycles. The summed E-state index contributed by atoms with van der Waals surface area (Å²) in [6, 6.07) is 12.3. The topological polar surface area (TPSA) is 221 Å². The third kappa shape index (κ3) is 22.5. The van der Waals surface area contributed by atoms with Crippen LogP contribution in [-0.4, -0.2) is 104 Å². The van der Waals surface area contributed by atoms with Crippen LogP contribution in [0.25, 0.3) is 0 Å². The molecular weight excluding hydrogens is 1140 g/mol. The van der Waals surface area contributed by atoms with Crippen molar-refractivity contribution in [2.24, 2.45) is 22.7 Å². The molecule has 0 saturated heterocycles. The number of ether oxygens (including phenoxy) is 2. The highest BCUT2D eigenvalue weighted by molar-refractivity contribution is 5.84. The third-order valence-corrected chi connectivity index (χ3v) is 18.7. The summed E-state index contributed by atoms with van der Waals surface area (Å²) in [5.41, 5.74) is 4.15. The number of carboxylic acid groups (broad SMARTS) is 2. The van der Waals surface area contributed by atoms with Crippen LogP contribution in [0.5, 0.6) is 11.5 Å². The number of hydrogen-bond acceptors (Lipinski definition) is 10. The number of carbonyl (C=O) groups is 6. The minimum absolute atomic E-state index is 0.111. The van der Waals surface area contributed by atoms with Gasteiger partial charge in [-0.2, -0.15) is 26.3 Å². The minimum Gasteiger partial charge on any atom is -0.475 e. The van der Waals surface area contributed by atoms with Crippen molar-refractivity contribution in [3.05, 3.63) is 58.7 Å². The van der Waals surface area contributed by atoms with Crippen LogP contribution in [0.4, 0.5) is 31.1 Å². The smallest absolute Gasteiger partial charge is 0.475 e. The van der Waals surface area contributed by atoms with Crippen LogP contribution < -0.4 is 36.1 Å². The van der Waals surface area contributed by atoms with Gasteiger partial charge in [0.25, 0.3) is 0 Å². The van der Waals surface area contributed by atoms with Gasteiger partial charge in [0.1, 0.15) is 11.5 Å². The van der Waals surface area contributed by atoms with Crippen molar-refractivity contribution in [2.75, 3.05) is 45.8 Å². The Labute approximate surface area is 512 Å². The van der Waals surface area contributed by atoms with E-state index >= 15 is 0 Å². The summed E-state index contributed by atoms with van der Waals surface area (Å²) in [4.78, 5) is 70.7.